The van der Waals surface area contributed by atoms with E-state index in [2.05, 4.69) is 5.32 Å². The van der Waals surface area contributed by atoms with Gasteiger partial charge in [0.2, 0.25) is 5.91 Å². The van der Waals surface area contributed by atoms with Crippen molar-refractivity contribution in [3.8, 4) is 11.5 Å². The topological polar surface area (TPSA) is 67.9 Å². The van der Waals surface area contributed by atoms with Crippen LogP contribution in [-0.2, 0) is 22.6 Å². The first-order valence-electron chi connectivity index (χ1n) is 11.8. The summed E-state index contributed by atoms with van der Waals surface area (Å²) in [5.74, 6) is 0.415. The summed E-state index contributed by atoms with van der Waals surface area (Å²) in [5.41, 5.74) is 1.29. The lowest BCUT2D eigenvalue weighted by atomic mass is 10.0. The number of benzene rings is 3. The van der Waals surface area contributed by atoms with Gasteiger partial charge in [-0.3, -0.25) is 9.59 Å². The maximum Gasteiger partial charge on any atom is 0.261 e. The normalized spacial score (nSPS) is 11.9. The van der Waals surface area contributed by atoms with E-state index in [0.29, 0.717) is 22.9 Å². The first kappa shape index (κ1) is 27.1. The van der Waals surface area contributed by atoms with Crippen LogP contribution in [-0.4, -0.2) is 42.0 Å². The van der Waals surface area contributed by atoms with E-state index < -0.39 is 11.6 Å². The summed E-state index contributed by atoms with van der Waals surface area (Å²) in [6, 6.07) is 23.3. The number of methoxy groups -OCH3 is 1. The molecule has 0 aliphatic heterocycles. The van der Waals surface area contributed by atoms with Crippen LogP contribution in [0.2, 0.25) is 5.02 Å². The summed E-state index contributed by atoms with van der Waals surface area (Å²) in [7, 11) is 1.54. The molecule has 0 fully saturated rings. The van der Waals surface area contributed by atoms with E-state index in [1.165, 1.54) is 0 Å². The molecular formula is C29H33ClN2O4. The Morgan fingerprint density at radius 3 is 2.19 bits per heavy atom. The van der Waals surface area contributed by atoms with Gasteiger partial charge >= 0.3 is 0 Å². The third-order valence-electron chi connectivity index (χ3n) is 5.43. The van der Waals surface area contributed by atoms with Crippen molar-refractivity contribution in [2.45, 2.75) is 45.3 Å². The molecule has 0 saturated carbocycles. The predicted octanol–water partition coefficient (Wildman–Crippen LogP) is 5.28. The lowest BCUT2D eigenvalue weighted by molar-refractivity contribution is -0.143. The van der Waals surface area contributed by atoms with Gasteiger partial charge in [-0.1, -0.05) is 66.2 Å². The Kier molecular flexibility index (Phi) is 9.37. The van der Waals surface area contributed by atoms with Crippen LogP contribution in [0.1, 0.15) is 31.9 Å². The Bertz CT molecular complexity index is 1160. The van der Waals surface area contributed by atoms with Crippen LogP contribution >= 0.6 is 11.6 Å². The van der Waals surface area contributed by atoms with Crippen molar-refractivity contribution in [3.63, 3.8) is 0 Å². The van der Waals surface area contributed by atoms with Gasteiger partial charge in [0.05, 0.1) is 7.11 Å². The third-order valence-corrected chi connectivity index (χ3v) is 5.67. The van der Waals surface area contributed by atoms with Gasteiger partial charge in [0, 0.05) is 23.5 Å². The predicted molar refractivity (Wildman–Crippen MR) is 142 cm³/mol. The number of ether oxygens (including phenoxy) is 2. The number of para-hydroxylation sites is 2. The Morgan fingerprint density at radius 2 is 1.56 bits per heavy atom. The molecule has 3 rings (SSSR count). The van der Waals surface area contributed by atoms with Crippen LogP contribution in [0.4, 0.5) is 0 Å². The molecule has 7 heteroatoms. The van der Waals surface area contributed by atoms with Crippen molar-refractivity contribution in [2.24, 2.45) is 0 Å². The average Bonchev–Trinajstić information content (AvgIpc) is 2.84. The summed E-state index contributed by atoms with van der Waals surface area (Å²) < 4.78 is 11.2. The SMILES string of the molecule is COc1ccccc1OCC(=O)N(Cc1cccc(Cl)c1)[C@H](Cc1ccccc1)C(=O)NC(C)(C)C. The molecule has 0 unspecified atom stereocenters. The lowest BCUT2D eigenvalue weighted by Crippen LogP contribution is -2.55. The van der Waals surface area contributed by atoms with Crippen molar-refractivity contribution in [3.05, 3.63) is 95.0 Å². The zero-order chi connectivity index (χ0) is 26.1. The number of carbonyl (C=O) groups excluding carboxylic acids is 2. The molecule has 0 spiro atoms. The molecule has 0 radical (unpaired) electrons. The van der Waals surface area contributed by atoms with Gasteiger partial charge in [0.25, 0.3) is 5.91 Å². The molecule has 3 aromatic rings. The number of nitrogens with zero attached hydrogens (tertiary/aromatic N) is 1. The second-order valence-corrected chi connectivity index (χ2v) is 9.97. The van der Waals surface area contributed by atoms with Crippen molar-refractivity contribution >= 4 is 23.4 Å². The highest BCUT2D eigenvalue weighted by Crippen LogP contribution is 2.26. The maximum absolute atomic E-state index is 13.7. The summed E-state index contributed by atoms with van der Waals surface area (Å²) in [6.07, 6.45) is 0.351. The zero-order valence-corrected chi connectivity index (χ0v) is 21.9. The van der Waals surface area contributed by atoms with E-state index in [1.54, 1.807) is 42.3 Å². The number of halogens is 1. The van der Waals surface area contributed by atoms with Gasteiger partial charge in [0.1, 0.15) is 6.04 Å². The highest BCUT2D eigenvalue weighted by molar-refractivity contribution is 6.30. The molecule has 2 amide bonds. The highest BCUT2D eigenvalue weighted by atomic mass is 35.5. The number of hydrogen-bond acceptors (Lipinski definition) is 4. The average molecular weight is 509 g/mol. The summed E-state index contributed by atoms with van der Waals surface area (Å²) in [5, 5.41) is 3.60. The molecule has 0 aliphatic rings. The second-order valence-electron chi connectivity index (χ2n) is 9.54. The van der Waals surface area contributed by atoms with Gasteiger partial charge in [-0.05, 0) is 56.2 Å². The van der Waals surface area contributed by atoms with E-state index in [0.717, 1.165) is 11.1 Å². The second kappa shape index (κ2) is 12.5. The largest absolute Gasteiger partial charge is 0.493 e. The summed E-state index contributed by atoms with van der Waals surface area (Å²) >= 11 is 6.22. The van der Waals surface area contributed by atoms with Crippen LogP contribution in [0.25, 0.3) is 0 Å². The number of carbonyl (C=O) groups is 2. The Labute approximate surface area is 218 Å². The van der Waals surface area contributed by atoms with Gasteiger partial charge in [-0.2, -0.15) is 0 Å². The molecule has 0 heterocycles. The molecule has 6 nitrogen and oxygen atoms in total. The number of rotatable bonds is 10. The van der Waals surface area contributed by atoms with Crippen LogP contribution in [0.15, 0.2) is 78.9 Å². The van der Waals surface area contributed by atoms with Crippen molar-refractivity contribution in [2.75, 3.05) is 13.7 Å². The molecule has 0 aromatic heterocycles. The third kappa shape index (κ3) is 8.02. The summed E-state index contributed by atoms with van der Waals surface area (Å²) in [4.78, 5) is 28.8. The lowest BCUT2D eigenvalue weighted by Gasteiger charge is -2.33. The van der Waals surface area contributed by atoms with E-state index in [-0.39, 0.29) is 25.0 Å². The van der Waals surface area contributed by atoms with Crippen LogP contribution in [0, 0.1) is 0 Å². The van der Waals surface area contributed by atoms with Crippen molar-refractivity contribution in [1.82, 2.24) is 10.2 Å². The molecular weight excluding hydrogens is 476 g/mol. The fourth-order valence-electron chi connectivity index (χ4n) is 3.80. The molecule has 0 bridgehead atoms. The molecule has 0 aliphatic carbocycles. The zero-order valence-electron chi connectivity index (χ0n) is 21.2. The van der Waals surface area contributed by atoms with Crippen LogP contribution in [0.3, 0.4) is 0 Å². The minimum Gasteiger partial charge on any atom is -0.493 e. The molecule has 1 N–H and O–H groups in total. The minimum absolute atomic E-state index is 0.198. The van der Waals surface area contributed by atoms with E-state index >= 15 is 0 Å². The van der Waals surface area contributed by atoms with E-state index in [9.17, 15) is 9.59 Å². The fourth-order valence-corrected chi connectivity index (χ4v) is 4.01. The van der Waals surface area contributed by atoms with Crippen LogP contribution in [0.5, 0.6) is 11.5 Å². The quantitative estimate of drug-likeness (QED) is 0.404. The number of nitrogens with one attached hydrogen (secondary N) is 1. The van der Waals surface area contributed by atoms with Gasteiger partial charge < -0.3 is 19.7 Å². The first-order chi connectivity index (χ1) is 17.2. The molecule has 3 aromatic carbocycles. The molecule has 0 saturated heterocycles. The number of hydrogen-bond donors (Lipinski definition) is 1. The summed E-state index contributed by atoms with van der Waals surface area (Å²) in [6.45, 7) is 5.69. The van der Waals surface area contributed by atoms with E-state index in [4.69, 9.17) is 21.1 Å². The fraction of sp³-hybridized carbons (Fsp3) is 0.310. The molecule has 36 heavy (non-hydrogen) atoms. The monoisotopic (exact) mass is 508 g/mol. The van der Waals surface area contributed by atoms with Crippen molar-refractivity contribution in [1.29, 1.82) is 0 Å². The van der Waals surface area contributed by atoms with Gasteiger partial charge in [-0.25, -0.2) is 0 Å². The highest BCUT2D eigenvalue weighted by Gasteiger charge is 2.32. The first-order valence-corrected chi connectivity index (χ1v) is 12.2. The molecule has 190 valence electrons. The molecule has 1 atom stereocenters. The van der Waals surface area contributed by atoms with E-state index in [1.807, 2.05) is 69.3 Å². The standard InChI is InChI=1S/C29H33ClN2O4/c1-29(2,3)31-28(34)24(18-21-11-6-5-7-12-21)32(19-22-13-10-14-23(30)17-22)27(33)20-36-26-16-9-8-15-25(26)35-4/h5-17,24H,18-20H2,1-4H3,(H,31,34)/t24-/m1/s1. The van der Waals surface area contributed by atoms with Crippen LogP contribution < -0.4 is 14.8 Å². The van der Waals surface area contributed by atoms with Crippen molar-refractivity contribution < 1.29 is 19.1 Å². The Balaban J connectivity index is 1.94. The maximum atomic E-state index is 13.7. The Morgan fingerprint density at radius 1 is 0.917 bits per heavy atom. The smallest absolute Gasteiger partial charge is 0.261 e. The minimum atomic E-state index is -0.764. The number of amides is 2. The van der Waals surface area contributed by atoms with Gasteiger partial charge in [0.15, 0.2) is 18.1 Å². The Hall–Kier alpha value is -3.51. The van der Waals surface area contributed by atoms with Gasteiger partial charge in [-0.15, -0.1) is 0 Å².